The third-order valence-corrected chi connectivity index (χ3v) is 1.37. The number of halogens is 2. The topological polar surface area (TPSA) is 58.2 Å². The minimum absolute atomic E-state index is 0.108. The van der Waals surface area contributed by atoms with Crippen LogP contribution in [0, 0.1) is 0 Å². The van der Waals surface area contributed by atoms with E-state index in [0.717, 1.165) is 0 Å². The summed E-state index contributed by atoms with van der Waals surface area (Å²) in [5.41, 5.74) is 0. The molecule has 0 bridgehead atoms. The lowest BCUT2D eigenvalue weighted by Crippen LogP contribution is -2.42. The molecule has 0 aliphatic carbocycles. The van der Waals surface area contributed by atoms with E-state index >= 15 is 0 Å². The van der Waals surface area contributed by atoms with Crippen LogP contribution >= 0.6 is 23.2 Å². The molecule has 3 amide bonds. The predicted octanol–water partition coefficient (Wildman–Crippen LogP) is 1.19. The van der Waals surface area contributed by atoms with Crippen LogP contribution in [0.15, 0.2) is 11.6 Å². The highest BCUT2D eigenvalue weighted by Crippen LogP contribution is 1.93. The number of imide groups is 1. The third kappa shape index (κ3) is 6.42. The number of hydrogen-bond acceptors (Lipinski definition) is 2. The molecule has 2 N–H and O–H groups in total. The minimum atomic E-state index is -0.745. The fraction of sp³-hybridized carbons (Fsp3) is 0.429. The lowest BCUT2D eigenvalue weighted by atomic mass is 10.4. The van der Waals surface area contributed by atoms with E-state index in [9.17, 15) is 9.59 Å². The van der Waals surface area contributed by atoms with Gasteiger partial charge in [0.15, 0.2) is 0 Å². The smallest absolute Gasteiger partial charge is 0.321 e. The quantitative estimate of drug-likeness (QED) is 0.709. The Hall–Kier alpha value is -0.740. The summed E-state index contributed by atoms with van der Waals surface area (Å²) in [6.45, 7) is 4.92. The highest BCUT2D eigenvalue weighted by molar-refractivity contribution is 6.31. The van der Waals surface area contributed by atoms with Crippen LogP contribution in [0.4, 0.5) is 4.79 Å². The monoisotopic (exact) mass is 224 g/mol. The van der Waals surface area contributed by atoms with Crippen LogP contribution in [-0.4, -0.2) is 23.9 Å². The fourth-order valence-corrected chi connectivity index (χ4v) is 0.553. The molecule has 0 saturated carbocycles. The number of amides is 3. The van der Waals surface area contributed by atoms with Crippen molar-refractivity contribution < 1.29 is 9.59 Å². The van der Waals surface area contributed by atoms with Gasteiger partial charge >= 0.3 is 6.03 Å². The Morgan fingerprint density at radius 3 is 2.46 bits per heavy atom. The zero-order valence-electron chi connectivity index (χ0n) is 7.06. The van der Waals surface area contributed by atoms with Gasteiger partial charge in [-0.15, -0.1) is 11.6 Å². The van der Waals surface area contributed by atoms with Gasteiger partial charge < -0.3 is 5.32 Å². The maximum Gasteiger partial charge on any atom is 0.321 e. The summed E-state index contributed by atoms with van der Waals surface area (Å²) in [5, 5.41) is 3.85. The molecule has 0 aromatic heterocycles. The summed E-state index contributed by atoms with van der Waals surface area (Å²) in [6, 6.07) is -0.640. The van der Waals surface area contributed by atoms with Gasteiger partial charge in [-0.1, -0.05) is 18.2 Å². The molecule has 0 spiro atoms. The summed E-state index contributed by atoms with van der Waals surface area (Å²) in [7, 11) is 0. The van der Waals surface area contributed by atoms with Crippen LogP contribution in [0.2, 0.25) is 0 Å². The van der Waals surface area contributed by atoms with Crippen molar-refractivity contribution in [2.45, 2.75) is 12.3 Å². The molecule has 0 aliphatic heterocycles. The molecule has 0 rings (SSSR count). The maximum absolute atomic E-state index is 10.9. The van der Waals surface area contributed by atoms with E-state index in [-0.39, 0.29) is 11.6 Å². The zero-order chi connectivity index (χ0) is 10.4. The highest BCUT2D eigenvalue weighted by atomic mass is 35.5. The molecule has 13 heavy (non-hydrogen) atoms. The molecule has 0 aliphatic rings. The average Bonchev–Trinajstić information content (AvgIpc) is 2.00. The van der Waals surface area contributed by atoms with Crippen molar-refractivity contribution in [3.8, 4) is 0 Å². The van der Waals surface area contributed by atoms with Crippen LogP contribution in [0.25, 0.3) is 0 Å². The van der Waals surface area contributed by atoms with E-state index in [1.165, 1.54) is 6.92 Å². The number of hydrogen-bond donors (Lipinski definition) is 2. The largest absolute Gasteiger partial charge is 0.333 e. The van der Waals surface area contributed by atoms with E-state index in [0.29, 0.717) is 0 Å². The number of nitrogens with one attached hydrogen (secondary N) is 2. The number of carbonyl (C=O) groups excluding carboxylic acids is 2. The van der Waals surface area contributed by atoms with Gasteiger partial charge in [0.2, 0.25) is 5.91 Å². The molecule has 0 radical (unpaired) electrons. The minimum Gasteiger partial charge on any atom is -0.333 e. The van der Waals surface area contributed by atoms with E-state index in [2.05, 4.69) is 11.9 Å². The lowest BCUT2D eigenvalue weighted by Gasteiger charge is -2.06. The van der Waals surface area contributed by atoms with E-state index in [1.807, 2.05) is 5.32 Å². The molecule has 0 aromatic rings. The molecule has 0 aromatic carbocycles. The molecule has 0 fully saturated rings. The molecule has 74 valence electrons. The molecule has 0 saturated heterocycles. The summed E-state index contributed by atoms with van der Waals surface area (Å²) in [4.78, 5) is 21.7. The Bertz CT molecular complexity index is 229. The fourth-order valence-electron chi connectivity index (χ4n) is 0.432. The normalized spacial score (nSPS) is 11.6. The average molecular weight is 225 g/mol. The lowest BCUT2D eigenvalue weighted by molar-refractivity contribution is -0.119. The van der Waals surface area contributed by atoms with Crippen molar-refractivity contribution in [2.24, 2.45) is 0 Å². The second-order valence-electron chi connectivity index (χ2n) is 2.31. The highest BCUT2D eigenvalue weighted by Gasteiger charge is 2.11. The van der Waals surface area contributed by atoms with Crippen LogP contribution < -0.4 is 10.6 Å². The van der Waals surface area contributed by atoms with E-state index in [1.54, 1.807) is 0 Å². The van der Waals surface area contributed by atoms with Crippen molar-refractivity contribution in [2.75, 3.05) is 6.54 Å². The van der Waals surface area contributed by atoms with Crippen molar-refractivity contribution in [3.63, 3.8) is 0 Å². The van der Waals surface area contributed by atoms with Crippen molar-refractivity contribution in [3.05, 3.63) is 11.6 Å². The predicted molar refractivity (Wildman–Crippen MR) is 51.8 cm³/mol. The van der Waals surface area contributed by atoms with Gasteiger partial charge in [-0.3, -0.25) is 10.1 Å². The maximum atomic E-state index is 10.9. The molecule has 6 heteroatoms. The van der Waals surface area contributed by atoms with Crippen LogP contribution in [-0.2, 0) is 4.79 Å². The molecule has 0 heterocycles. The van der Waals surface area contributed by atoms with Gasteiger partial charge in [0, 0.05) is 5.03 Å². The Kier molecular flexibility index (Phi) is 5.50. The summed E-state index contributed by atoms with van der Waals surface area (Å²) >= 11 is 10.8. The zero-order valence-corrected chi connectivity index (χ0v) is 8.58. The standard InChI is InChI=1S/C7H10Cl2N2O2/c1-4(8)3-10-7(13)11-6(12)5(2)9/h5H,1,3H2,2H3,(H2,10,11,12,13). The summed E-state index contributed by atoms with van der Waals surface area (Å²) in [5.74, 6) is -0.556. The Morgan fingerprint density at radius 2 is 2.08 bits per heavy atom. The number of alkyl halides is 1. The van der Waals surface area contributed by atoms with Gasteiger partial charge in [-0.25, -0.2) is 4.79 Å². The van der Waals surface area contributed by atoms with E-state index in [4.69, 9.17) is 23.2 Å². The van der Waals surface area contributed by atoms with Crippen molar-refractivity contribution >= 4 is 35.1 Å². The second-order valence-corrected chi connectivity index (χ2v) is 3.49. The Labute approximate surface area is 86.3 Å². The van der Waals surface area contributed by atoms with E-state index < -0.39 is 17.3 Å². The SMILES string of the molecule is C=C(Cl)CNC(=O)NC(=O)C(C)Cl. The Morgan fingerprint density at radius 1 is 1.54 bits per heavy atom. The Balaban J connectivity index is 3.75. The van der Waals surface area contributed by atoms with Gasteiger partial charge in [-0.2, -0.15) is 0 Å². The summed E-state index contributed by atoms with van der Waals surface area (Å²) < 4.78 is 0. The molecule has 1 atom stereocenters. The van der Waals surface area contributed by atoms with Crippen LogP contribution in [0.3, 0.4) is 0 Å². The number of urea groups is 1. The van der Waals surface area contributed by atoms with Crippen LogP contribution in [0.5, 0.6) is 0 Å². The van der Waals surface area contributed by atoms with Crippen molar-refractivity contribution in [1.29, 1.82) is 0 Å². The first kappa shape index (κ1) is 12.3. The first-order valence-corrected chi connectivity index (χ1v) is 4.31. The van der Waals surface area contributed by atoms with Crippen LogP contribution in [0.1, 0.15) is 6.92 Å². The number of rotatable bonds is 3. The molecular formula is C7H10Cl2N2O2. The molecule has 4 nitrogen and oxygen atoms in total. The first-order valence-electron chi connectivity index (χ1n) is 3.49. The molecular weight excluding hydrogens is 215 g/mol. The summed E-state index contributed by atoms with van der Waals surface area (Å²) in [6.07, 6.45) is 0. The first-order chi connectivity index (χ1) is 5.93. The third-order valence-electron chi connectivity index (χ3n) is 1.04. The van der Waals surface area contributed by atoms with Gasteiger partial charge in [-0.05, 0) is 6.92 Å². The van der Waals surface area contributed by atoms with Gasteiger partial charge in [0.05, 0.1) is 6.54 Å². The number of carbonyl (C=O) groups is 2. The van der Waals surface area contributed by atoms with Gasteiger partial charge in [0.1, 0.15) is 5.38 Å². The van der Waals surface area contributed by atoms with Crippen molar-refractivity contribution in [1.82, 2.24) is 10.6 Å². The second kappa shape index (κ2) is 5.83. The molecule has 1 unspecified atom stereocenters. The van der Waals surface area contributed by atoms with Gasteiger partial charge in [0.25, 0.3) is 0 Å².